The van der Waals surface area contributed by atoms with Crippen LogP contribution in [0.2, 0.25) is 5.02 Å². The van der Waals surface area contributed by atoms with Gasteiger partial charge in [-0.3, -0.25) is 14.0 Å². The fraction of sp³-hybridized carbons (Fsp3) is 0.240. The molecule has 0 atom stereocenters. The molecule has 0 saturated carbocycles. The van der Waals surface area contributed by atoms with Crippen molar-refractivity contribution in [2.24, 2.45) is 4.99 Å². The molecule has 0 N–H and O–H groups in total. The molecule has 3 aromatic heterocycles. The first-order valence-corrected chi connectivity index (χ1v) is 11.2. The molecule has 172 valence electrons. The van der Waals surface area contributed by atoms with Gasteiger partial charge in [0.1, 0.15) is 17.4 Å². The van der Waals surface area contributed by atoms with Crippen molar-refractivity contribution in [1.82, 2.24) is 14.0 Å². The second kappa shape index (κ2) is 10.00. The lowest BCUT2D eigenvalue weighted by atomic mass is 10.2. The lowest BCUT2D eigenvalue weighted by Crippen LogP contribution is -2.30. The van der Waals surface area contributed by atoms with Gasteiger partial charge in [-0.15, -0.1) is 0 Å². The molecule has 0 spiro atoms. The van der Waals surface area contributed by atoms with E-state index in [1.165, 1.54) is 10.5 Å². The van der Waals surface area contributed by atoms with Crippen molar-refractivity contribution in [3.8, 4) is 6.07 Å². The van der Waals surface area contributed by atoms with Crippen molar-refractivity contribution in [3.63, 3.8) is 0 Å². The van der Waals surface area contributed by atoms with Crippen molar-refractivity contribution >= 4 is 34.2 Å². The highest BCUT2D eigenvalue weighted by molar-refractivity contribution is 6.30. The Bertz CT molecular complexity index is 1560. The number of benzene rings is 1. The van der Waals surface area contributed by atoms with Crippen LogP contribution in [0.1, 0.15) is 34.8 Å². The quantitative estimate of drug-likeness (QED) is 0.313. The number of ether oxygens (including phenoxy) is 1. The van der Waals surface area contributed by atoms with E-state index in [0.717, 1.165) is 5.56 Å². The van der Waals surface area contributed by atoms with E-state index in [1.54, 1.807) is 41.1 Å². The SMILES string of the molecule is CCOCCCn1c(=NC(=O)c2ccc(Cl)cc2)c(C#N)cc2c(=O)n3cccc(C)c3nc21. The third-order valence-electron chi connectivity index (χ3n) is 5.40. The summed E-state index contributed by atoms with van der Waals surface area (Å²) in [4.78, 5) is 35.3. The molecule has 0 fully saturated rings. The van der Waals surface area contributed by atoms with E-state index in [2.05, 4.69) is 11.1 Å². The molecular weight excluding hydrogens is 454 g/mol. The molecule has 0 aliphatic heterocycles. The third kappa shape index (κ3) is 4.49. The van der Waals surface area contributed by atoms with Gasteiger partial charge < -0.3 is 9.30 Å². The Balaban J connectivity index is 2.03. The van der Waals surface area contributed by atoms with Crippen molar-refractivity contribution < 1.29 is 9.53 Å². The summed E-state index contributed by atoms with van der Waals surface area (Å²) >= 11 is 5.93. The molecular formula is C25H22ClN5O3. The Hall–Kier alpha value is -3.80. The summed E-state index contributed by atoms with van der Waals surface area (Å²) in [6.45, 7) is 5.17. The molecule has 0 saturated heterocycles. The predicted octanol–water partition coefficient (Wildman–Crippen LogP) is 3.65. The molecule has 0 radical (unpaired) electrons. The number of aryl methyl sites for hydroxylation is 2. The number of nitriles is 1. The molecule has 34 heavy (non-hydrogen) atoms. The van der Waals surface area contributed by atoms with Crippen LogP contribution in [0.25, 0.3) is 16.7 Å². The van der Waals surface area contributed by atoms with Gasteiger partial charge in [-0.2, -0.15) is 10.3 Å². The van der Waals surface area contributed by atoms with E-state index < -0.39 is 5.91 Å². The zero-order valence-corrected chi connectivity index (χ0v) is 19.5. The van der Waals surface area contributed by atoms with E-state index >= 15 is 0 Å². The van der Waals surface area contributed by atoms with Gasteiger partial charge in [0.05, 0.1) is 10.9 Å². The van der Waals surface area contributed by atoms with Crippen molar-refractivity contribution in [3.05, 3.63) is 86.2 Å². The first kappa shape index (κ1) is 23.4. The fourth-order valence-electron chi connectivity index (χ4n) is 3.72. The van der Waals surface area contributed by atoms with Crippen LogP contribution >= 0.6 is 11.6 Å². The van der Waals surface area contributed by atoms with Gasteiger partial charge in [0.15, 0.2) is 5.49 Å². The molecule has 1 amide bonds. The largest absolute Gasteiger partial charge is 0.382 e. The predicted molar refractivity (Wildman–Crippen MR) is 129 cm³/mol. The monoisotopic (exact) mass is 475 g/mol. The van der Waals surface area contributed by atoms with E-state index in [-0.39, 0.29) is 22.0 Å². The highest BCUT2D eigenvalue weighted by Gasteiger charge is 2.16. The minimum atomic E-state index is -0.528. The van der Waals surface area contributed by atoms with Gasteiger partial charge >= 0.3 is 0 Å². The van der Waals surface area contributed by atoms with Gasteiger partial charge in [-0.25, -0.2) is 4.98 Å². The van der Waals surface area contributed by atoms with E-state index in [1.807, 2.05) is 19.9 Å². The zero-order valence-electron chi connectivity index (χ0n) is 18.8. The number of hydrogen-bond acceptors (Lipinski definition) is 5. The number of amides is 1. The van der Waals surface area contributed by atoms with Crippen LogP contribution in [0.15, 0.2) is 58.4 Å². The van der Waals surface area contributed by atoms with Crippen LogP contribution in [-0.4, -0.2) is 33.1 Å². The average Bonchev–Trinajstić information content (AvgIpc) is 2.83. The Morgan fingerprint density at radius 3 is 2.71 bits per heavy atom. The normalized spacial score (nSPS) is 11.8. The molecule has 4 rings (SSSR count). The lowest BCUT2D eigenvalue weighted by molar-refractivity contribution is 0.0997. The average molecular weight is 476 g/mol. The molecule has 1 aromatic carbocycles. The number of carbonyl (C=O) groups excluding carboxylic acids is 1. The van der Waals surface area contributed by atoms with Crippen molar-refractivity contribution in [2.45, 2.75) is 26.8 Å². The van der Waals surface area contributed by atoms with E-state index in [0.29, 0.717) is 48.1 Å². The van der Waals surface area contributed by atoms with Crippen molar-refractivity contribution in [1.29, 1.82) is 5.26 Å². The number of halogens is 1. The second-order valence-electron chi connectivity index (χ2n) is 7.66. The van der Waals surface area contributed by atoms with Gasteiger partial charge in [-0.05, 0) is 62.2 Å². The molecule has 0 bridgehead atoms. The number of rotatable bonds is 6. The molecule has 9 heteroatoms. The van der Waals surface area contributed by atoms with E-state index in [9.17, 15) is 14.9 Å². The lowest BCUT2D eigenvalue weighted by Gasteiger charge is -2.14. The molecule has 0 unspecified atom stereocenters. The standard InChI is InChI=1S/C25H22ClN5O3/c1-3-34-13-5-12-30-22(29-24(32)17-7-9-19(26)10-8-17)18(15-27)14-20-23(30)28-21-16(2)6-4-11-31(21)25(20)33/h4,6-11,14H,3,5,12-13H2,1-2H3. The zero-order chi connectivity index (χ0) is 24.2. The number of nitrogens with zero attached hydrogens (tertiary/aromatic N) is 5. The summed E-state index contributed by atoms with van der Waals surface area (Å²) in [5, 5.41) is 10.6. The summed E-state index contributed by atoms with van der Waals surface area (Å²) in [5.74, 6) is -0.528. The first-order valence-electron chi connectivity index (χ1n) is 10.8. The van der Waals surface area contributed by atoms with Gasteiger partial charge in [0.2, 0.25) is 0 Å². The number of hydrogen-bond donors (Lipinski definition) is 0. The first-order chi connectivity index (χ1) is 16.4. The molecule has 8 nitrogen and oxygen atoms in total. The fourth-order valence-corrected chi connectivity index (χ4v) is 3.85. The molecule has 0 aliphatic carbocycles. The maximum absolute atomic E-state index is 13.3. The minimum Gasteiger partial charge on any atom is -0.382 e. The van der Waals surface area contributed by atoms with E-state index in [4.69, 9.17) is 21.3 Å². The van der Waals surface area contributed by atoms with Gasteiger partial charge in [0, 0.05) is 36.5 Å². The Kier molecular flexibility index (Phi) is 6.87. The highest BCUT2D eigenvalue weighted by atomic mass is 35.5. The molecule has 4 aromatic rings. The summed E-state index contributed by atoms with van der Waals surface area (Å²) in [7, 11) is 0. The maximum atomic E-state index is 13.3. The van der Waals surface area contributed by atoms with Crippen molar-refractivity contribution in [2.75, 3.05) is 13.2 Å². The maximum Gasteiger partial charge on any atom is 0.278 e. The summed E-state index contributed by atoms with van der Waals surface area (Å²) in [6.07, 6.45) is 2.22. The molecule has 0 aliphatic rings. The number of carbonyl (C=O) groups is 1. The number of fused-ring (bicyclic) bond motifs is 2. The topological polar surface area (TPSA) is 102 Å². The summed E-state index contributed by atoms with van der Waals surface area (Å²) < 4.78 is 8.58. The van der Waals surface area contributed by atoms with Crippen LogP contribution in [-0.2, 0) is 11.3 Å². The van der Waals surface area contributed by atoms with Gasteiger partial charge in [-0.1, -0.05) is 17.7 Å². The second-order valence-corrected chi connectivity index (χ2v) is 8.09. The Morgan fingerprint density at radius 1 is 1.24 bits per heavy atom. The number of pyridine rings is 2. The Morgan fingerprint density at radius 2 is 2.00 bits per heavy atom. The summed E-state index contributed by atoms with van der Waals surface area (Å²) in [6, 6.07) is 13.5. The van der Waals surface area contributed by atoms with Crippen LogP contribution in [0.4, 0.5) is 0 Å². The van der Waals surface area contributed by atoms with Crippen LogP contribution in [0, 0.1) is 18.3 Å². The smallest absolute Gasteiger partial charge is 0.278 e. The van der Waals surface area contributed by atoms with Crippen LogP contribution in [0.5, 0.6) is 0 Å². The van der Waals surface area contributed by atoms with Gasteiger partial charge in [0.25, 0.3) is 11.5 Å². The number of aromatic nitrogens is 3. The van der Waals surface area contributed by atoms with Crippen LogP contribution in [0.3, 0.4) is 0 Å². The summed E-state index contributed by atoms with van der Waals surface area (Å²) in [5.41, 5.74) is 1.97. The van der Waals surface area contributed by atoms with Crippen LogP contribution < -0.4 is 11.0 Å². The Labute approximate surface area is 200 Å². The molecule has 3 heterocycles. The highest BCUT2D eigenvalue weighted by Crippen LogP contribution is 2.14. The minimum absolute atomic E-state index is 0.109. The third-order valence-corrected chi connectivity index (χ3v) is 5.65.